The predicted octanol–water partition coefficient (Wildman–Crippen LogP) is 4.84. The van der Waals surface area contributed by atoms with E-state index in [-0.39, 0.29) is 18.0 Å². The Labute approximate surface area is 220 Å². The van der Waals surface area contributed by atoms with E-state index in [2.05, 4.69) is 14.8 Å². The van der Waals surface area contributed by atoms with Crippen molar-refractivity contribution < 1.29 is 21.6 Å². The van der Waals surface area contributed by atoms with Gasteiger partial charge in [-0.2, -0.15) is 13.9 Å². The Kier molecular flexibility index (Phi) is 6.90. The molecule has 196 valence electrons. The number of alkyl halides is 2. The molecule has 0 unspecified atom stereocenters. The monoisotopic (exact) mass is 570 g/mol. The molecule has 2 aromatic heterocycles. The number of fused-ring (bicyclic) bond motifs is 1. The Morgan fingerprint density at radius 3 is 2.68 bits per heavy atom. The van der Waals surface area contributed by atoms with Crippen molar-refractivity contribution in [3.63, 3.8) is 0 Å². The van der Waals surface area contributed by atoms with Crippen LogP contribution in [0, 0.1) is 5.82 Å². The minimum absolute atomic E-state index is 0.120. The molecular weight excluding hydrogens is 549 g/mol. The van der Waals surface area contributed by atoms with Crippen LogP contribution >= 0.6 is 22.9 Å². The molecule has 3 aromatic rings. The third kappa shape index (κ3) is 4.92. The molecule has 4 heterocycles. The molecule has 1 N–H and O–H groups in total. The SMILES string of the molecule is CC(C)S(=O)(=O)N[C@H]1CC2=C(c3cnn(C(F)F)c3)[C@H](c3ccc(F)cc3Cl)N=C(c3nccs3)N2C1. The second-order valence-corrected chi connectivity index (χ2v) is 12.5. The first kappa shape index (κ1) is 25.9. The van der Waals surface area contributed by atoms with Gasteiger partial charge in [0.15, 0.2) is 10.8 Å². The van der Waals surface area contributed by atoms with E-state index in [4.69, 9.17) is 16.6 Å². The van der Waals surface area contributed by atoms with Crippen molar-refractivity contribution >= 4 is 44.4 Å². The maximum atomic E-state index is 13.9. The van der Waals surface area contributed by atoms with Gasteiger partial charge in [0.05, 0.1) is 11.4 Å². The molecule has 37 heavy (non-hydrogen) atoms. The number of aromatic nitrogens is 3. The fourth-order valence-electron chi connectivity index (χ4n) is 4.43. The van der Waals surface area contributed by atoms with Gasteiger partial charge in [0.25, 0.3) is 0 Å². The van der Waals surface area contributed by atoms with Gasteiger partial charge in [-0.1, -0.05) is 17.7 Å². The van der Waals surface area contributed by atoms with Crippen molar-refractivity contribution in [2.75, 3.05) is 6.54 Å². The quantitative estimate of drug-likeness (QED) is 0.439. The summed E-state index contributed by atoms with van der Waals surface area (Å²) < 4.78 is 69.3. The largest absolute Gasteiger partial charge is 0.333 e. The predicted molar refractivity (Wildman–Crippen MR) is 136 cm³/mol. The van der Waals surface area contributed by atoms with Crippen LogP contribution in [-0.4, -0.2) is 51.8 Å². The lowest BCUT2D eigenvalue weighted by Gasteiger charge is -2.32. The fourth-order valence-corrected chi connectivity index (χ4v) is 6.24. The van der Waals surface area contributed by atoms with Crippen molar-refractivity contribution in [3.05, 3.63) is 74.8 Å². The summed E-state index contributed by atoms with van der Waals surface area (Å²) in [5.74, 6) is -0.0364. The number of nitrogens with zero attached hydrogens (tertiary/aromatic N) is 5. The number of amidine groups is 1. The second-order valence-electron chi connectivity index (χ2n) is 8.93. The minimum Gasteiger partial charge on any atom is -0.326 e. The molecule has 0 radical (unpaired) electrons. The average molecular weight is 571 g/mol. The number of halogens is 4. The molecule has 14 heteroatoms. The third-order valence-corrected chi connectivity index (χ3v) is 9.20. The van der Waals surface area contributed by atoms with Crippen LogP contribution in [0.5, 0.6) is 0 Å². The maximum Gasteiger partial charge on any atom is 0.333 e. The van der Waals surface area contributed by atoms with Crippen LogP contribution < -0.4 is 4.72 Å². The molecule has 0 saturated carbocycles. The molecule has 1 aromatic carbocycles. The number of rotatable bonds is 7. The number of thiazole rings is 1. The molecule has 2 aliphatic heterocycles. The van der Waals surface area contributed by atoms with Gasteiger partial charge in [0, 0.05) is 58.6 Å². The van der Waals surface area contributed by atoms with Crippen LogP contribution in [0.1, 0.15) is 49.0 Å². The Morgan fingerprint density at radius 2 is 2.05 bits per heavy atom. The molecule has 1 fully saturated rings. The van der Waals surface area contributed by atoms with E-state index in [9.17, 15) is 21.6 Å². The zero-order valence-electron chi connectivity index (χ0n) is 19.6. The molecule has 0 spiro atoms. The summed E-state index contributed by atoms with van der Waals surface area (Å²) in [6.07, 6.45) is 4.42. The Balaban J connectivity index is 1.70. The van der Waals surface area contributed by atoms with Crippen molar-refractivity contribution in [2.45, 2.75) is 44.2 Å². The van der Waals surface area contributed by atoms with E-state index >= 15 is 0 Å². The lowest BCUT2D eigenvalue weighted by molar-refractivity contribution is 0.0566. The van der Waals surface area contributed by atoms with E-state index < -0.39 is 39.7 Å². The molecule has 0 bridgehead atoms. The van der Waals surface area contributed by atoms with Gasteiger partial charge >= 0.3 is 6.55 Å². The molecule has 1 saturated heterocycles. The van der Waals surface area contributed by atoms with Gasteiger partial charge in [-0.15, -0.1) is 11.3 Å². The van der Waals surface area contributed by atoms with Gasteiger partial charge in [0.1, 0.15) is 11.9 Å². The maximum absolute atomic E-state index is 13.9. The molecule has 5 rings (SSSR count). The first-order valence-corrected chi connectivity index (χ1v) is 14.1. The number of hydrogen-bond donors (Lipinski definition) is 1. The topological polar surface area (TPSA) is 92.5 Å². The highest BCUT2D eigenvalue weighted by Gasteiger charge is 2.41. The van der Waals surface area contributed by atoms with E-state index in [1.807, 2.05) is 4.90 Å². The van der Waals surface area contributed by atoms with Crippen molar-refractivity contribution in [1.82, 2.24) is 24.4 Å². The number of hydrogen-bond acceptors (Lipinski definition) is 7. The number of nitrogens with one attached hydrogen (secondary N) is 1. The van der Waals surface area contributed by atoms with Gasteiger partial charge in [0.2, 0.25) is 10.0 Å². The van der Waals surface area contributed by atoms with Crippen LogP contribution in [0.2, 0.25) is 5.02 Å². The van der Waals surface area contributed by atoms with Crippen LogP contribution in [0.25, 0.3) is 5.57 Å². The highest BCUT2D eigenvalue weighted by molar-refractivity contribution is 7.90. The molecule has 2 aliphatic rings. The van der Waals surface area contributed by atoms with Crippen LogP contribution in [0.4, 0.5) is 13.2 Å². The molecule has 0 amide bonds. The van der Waals surface area contributed by atoms with E-state index in [0.29, 0.717) is 37.9 Å². The van der Waals surface area contributed by atoms with Gasteiger partial charge in [-0.3, -0.25) is 4.99 Å². The smallest absolute Gasteiger partial charge is 0.326 e. The van der Waals surface area contributed by atoms with Crippen LogP contribution in [-0.2, 0) is 10.0 Å². The third-order valence-electron chi connectivity index (χ3n) is 6.20. The summed E-state index contributed by atoms with van der Waals surface area (Å²) in [7, 11) is -3.59. The average Bonchev–Trinajstić information content (AvgIpc) is 3.58. The highest BCUT2D eigenvalue weighted by Crippen LogP contribution is 2.46. The van der Waals surface area contributed by atoms with Crippen molar-refractivity contribution in [2.24, 2.45) is 4.99 Å². The summed E-state index contributed by atoms with van der Waals surface area (Å²) in [6.45, 7) is 0.581. The van der Waals surface area contributed by atoms with Gasteiger partial charge in [-0.25, -0.2) is 27.2 Å². The Bertz CT molecular complexity index is 1490. The standard InChI is InChI=1S/C23H22ClF3N6O2S2/c1-12(2)37(34,35)31-15-8-18-19(13-9-29-33(10-13)23(26)27)20(16-4-3-14(25)7-17(16)24)30-21(32(18)11-15)22-28-5-6-36-22/h3-7,9-10,12,15,20,23,31H,8,11H2,1-2H3/t15-,20-/m0/s1. The molecular formula is C23H22ClF3N6O2S2. The highest BCUT2D eigenvalue weighted by atomic mass is 35.5. The molecule has 2 atom stereocenters. The van der Waals surface area contributed by atoms with Crippen molar-refractivity contribution in [1.29, 1.82) is 0 Å². The zero-order valence-corrected chi connectivity index (χ0v) is 22.0. The van der Waals surface area contributed by atoms with Crippen LogP contribution in [0.15, 0.2) is 52.9 Å². The van der Waals surface area contributed by atoms with Crippen LogP contribution in [0.3, 0.4) is 0 Å². The van der Waals surface area contributed by atoms with Gasteiger partial charge < -0.3 is 4.90 Å². The van der Waals surface area contributed by atoms with Gasteiger partial charge in [-0.05, 0) is 31.5 Å². The summed E-state index contributed by atoms with van der Waals surface area (Å²) in [4.78, 5) is 11.2. The number of benzene rings is 1. The minimum atomic E-state index is -3.59. The summed E-state index contributed by atoms with van der Waals surface area (Å²) in [5, 5.41) is 5.66. The Morgan fingerprint density at radius 1 is 1.27 bits per heavy atom. The van der Waals surface area contributed by atoms with Crippen molar-refractivity contribution in [3.8, 4) is 0 Å². The number of aliphatic imine (C=N–C) groups is 1. The summed E-state index contributed by atoms with van der Waals surface area (Å²) in [6, 6.07) is 2.63. The Hall–Kier alpha value is -2.74. The normalized spacial score (nSPS) is 20.2. The van der Waals surface area contributed by atoms with E-state index in [0.717, 1.165) is 0 Å². The number of sulfonamides is 1. The lowest BCUT2D eigenvalue weighted by atomic mass is 9.91. The molecule has 8 nitrogen and oxygen atoms in total. The summed E-state index contributed by atoms with van der Waals surface area (Å²) in [5.41, 5.74) is 2.05. The lowest BCUT2D eigenvalue weighted by Crippen LogP contribution is -2.41. The first-order chi connectivity index (χ1) is 17.5. The van der Waals surface area contributed by atoms with E-state index in [1.54, 1.807) is 25.4 Å². The fraction of sp³-hybridized carbons (Fsp3) is 0.348. The first-order valence-electron chi connectivity index (χ1n) is 11.3. The molecule has 0 aliphatic carbocycles. The second kappa shape index (κ2) is 9.86. The van der Waals surface area contributed by atoms with E-state index in [1.165, 1.54) is 41.9 Å². The summed E-state index contributed by atoms with van der Waals surface area (Å²) >= 11 is 7.80. The zero-order chi connectivity index (χ0) is 26.5.